The molecule has 2 aromatic rings. The minimum atomic E-state index is -0.355. The van der Waals surface area contributed by atoms with Crippen LogP contribution in [0.1, 0.15) is 0 Å². The van der Waals surface area contributed by atoms with Crippen molar-refractivity contribution in [1.82, 2.24) is 10.2 Å². The van der Waals surface area contributed by atoms with E-state index < -0.39 is 0 Å². The zero-order valence-corrected chi connectivity index (χ0v) is 8.95. The first-order valence-corrected chi connectivity index (χ1v) is 4.95. The third kappa shape index (κ3) is 2.74. The van der Waals surface area contributed by atoms with Crippen LogP contribution < -0.4 is 10.6 Å². The van der Waals surface area contributed by atoms with E-state index in [1.807, 2.05) is 0 Å². The van der Waals surface area contributed by atoms with E-state index in [9.17, 15) is 4.79 Å². The topological polar surface area (TPSA) is 69.8 Å². The van der Waals surface area contributed by atoms with Gasteiger partial charge in [-0.2, -0.15) is 5.10 Å². The zero-order valence-electron chi connectivity index (χ0n) is 8.20. The molecule has 0 radical (unpaired) electrons. The number of carbonyl (C=O) groups excluding carboxylic acids is 1. The summed E-state index contributed by atoms with van der Waals surface area (Å²) in [6, 6.07) is 8.20. The highest BCUT2D eigenvalue weighted by atomic mass is 35.5. The van der Waals surface area contributed by atoms with Crippen LogP contribution in [0.3, 0.4) is 0 Å². The van der Waals surface area contributed by atoms with Crippen molar-refractivity contribution in [2.45, 2.75) is 0 Å². The number of nitrogens with zero attached hydrogens (tertiary/aromatic N) is 1. The van der Waals surface area contributed by atoms with E-state index in [4.69, 9.17) is 11.6 Å². The number of halogens is 1. The van der Waals surface area contributed by atoms with Gasteiger partial charge >= 0.3 is 6.03 Å². The molecule has 6 heteroatoms. The molecule has 3 N–H and O–H groups in total. The molecule has 5 nitrogen and oxygen atoms in total. The van der Waals surface area contributed by atoms with Crippen LogP contribution in [0, 0.1) is 0 Å². The van der Waals surface area contributed by atoms with Gasteiger partial charge in [-0.3, -0.25) is 10.4 Å². The second-order valence-corrected chi connectivity index (χ2v) is 3.50. The minimum absolute atomic E-state index is 0.355. The average molecular weight is 237 g/mol. The molecule has 2 amide bonds. The molecule has 16 heavy (non-hydrogen) atoms. The number of amides is 2. The van der Waals surface area contributed by atoms with Gasteiger partial charge in [0.05, 0.1) is 6.20 Å². The summed E-state index contributed by atoms with van der Waals surface area (Å²) in [6.07, 6.45) is 1.55. The molecule has 0 atom stereocenters. The third-order valence-corrected chi connectivity index (χ3v) is 2.07. The van der Waals surface area contributed by atoms with Crippen molar-refractivity contribution in [3.05, 3.63) is 41.6 Å². The maximum absolute atomic E-state index is 11.5. The van der Waals surface area contributed by atoms with E-state index in [-0.39, 0.29) is 6.03 Å². The largest absolute Gasteiger partial charge is 0.324 e. The van der Waals surface area contributed by atoms with Crippen LogP contribution in [0.5, 0.6) is 0 Å². The minimum Gasteiger partial charge on any atom is -0.308 e. The van der Waals surface area contributed by atoms with Gasteiger partial charge in [0.2, 0.25) is 0 Å². The zero-order chi connectivity index (χ0) is 11.4. The fourth-order valence-electron chi connectivity index (χ4n) is 1.18. The smallest absolute Gasteiger partial charge is 0.308 e. The Kier molecular flexibility index (Phi) is 3.07. The molecule has 0 fully saturated rings. The lowest BCUT2D eigenvalue weighted by Gasteiger charge is -2.05. The van der Waals surface area contributed by atoms with Crippen LogP contribution in [0.25, 0.3) is 0 Å². The van der Waals surface area contributed by atoms with Gasteiger partial charge in [0.1, 0.15) is 5.82 Å². The summed E-state index contributed by atoms with van der Waals surface area (Å²) in [6.45, 7) is 0. The Morgan fingerprint density at radius 2 is 2.19 bits per heavy atom. The van der Waals surface area contributed by atoms with Crippen LogP contribution in [0.15, 0.2) is 36.5 Å². The first-order chi connectivity index (χ1) is 7.74. The number of aromatic nitrogens is 2. The molecule has 0 bridgehead atoms. The van der Waals surface area contributed by atoms with Gasteiger partial charge in [0.25, 0.3) is 0 Å². The molecule has 0 unspecified atom stereocenters. The van der Waals surface area contributed by atoms with Gasteiger partial charge < -0.3 is 5.32 Å². The van der Waals surface area contributed by atoms with Gasteiger partial charge in [0.15, 0.2) is 0 Å². The normalized spacial score (nSPS) is 9.81. The molecule has 0 aliphatic rings. The number of H-pyrrole nitrogens is 1. The predicted octanol–water partition coefficient (Wildman–Crippen LogP) is 2.71. The third-order valence-electron chi connectivity index (χ3n) is 1.83. The Hall–Kier alpha value is -2.01. The number of urea groups is 1. The number of rotatable bonds is 2. The van der Waals surface area contributed by atoms with Crippen LogP contribution in [0.4, 0.5) is 16.3 Å². The Morgan fingerprint density at radius 3 is 2.88 bits per heavy atom. The summed E-state index contributed by atoms with van der Waals surface area (Å²) < 4.78 is 0. The molecule has 0 saturated heterocycles. The van der Waals surface area contributed by atoms with Crippen molar-refractivity contribution in [3.8, 4) is 0 Å². The maximum atomic E-state index is 11.5. The summed E-state index contributed by atoms with van der Waals surface area (Å²) in [5.74, 6) is 0.527. The molecule has 2 rings (SSSR count). The summed E-state index contributed by atoms with van der Waals surface area (Å²) in [5, 5.41) is 12.1. The van der Waals surface area contributed by atoms with Crippen LogP contribution in [0.2, 0.25) is 5.02 Å². The van der Waals surface area contributed by atoms with Crippen molar-refractivity contribution in [2.75, 3.05) is 10.6 Å². The molecular weight excluding hydrogens is 228 g/mol. The number of hydrogen-bond donors (Lipinski definition) is 3. The predicted molar refractivity (Wildman–Crippen MR) is 62.7 cm³/mol. The molecule has 1 heterocycles. The van der Waals surface area contributed by atoms with Gasteiger partial charge in [-0.05, 0) is 18.2 Å². The molecule has 82 valence electrons. The van der Waals surface area contributed by atoms with E-state index in [0.29, 0.717) is 16.5 Å². The van der Waals surface area contributed by atoms with Crippen molar-refractivity contribution in [2.24, 2.45) is 0 Å². The SMILES string of the molecule is O=C(Nc1cccc(Cl)c1)Nc1ccn[nH]1. The molecule has 0 spiro atoms. The molecule has 0 aliphatic carbocycles. The lowest BCUT2D eigenvalue weighted by molar-refractivity contribution is 0.262. The second-order valence-electron chi connectivity index (χ2n) is 3.06. The fraction of sp³-hybridized carbons (Fsp3) is 0. The van der Waals surface area contributed by atoms with E-state index in [0.717, 1.165) is 0 Å². The number of anilines is 2. The highest BCUT2D eigenvalue weighted by Crippen LogP contribution is 2.15. The monoisotopic (exact) mass is 236 g/mol. The summed E-state index contributed by atoms with van der Waals surface area (Å²) in [5.41, 5.74) is 0.629. The van der Waals surface area contributed by atoms with Crippen LogP contribution in [-0.2, 0) is 0 Å². The van der Waals surface area contributed by atoms with Crippen molar-refractivity contribution >= 4 is 29.1 Å². The first kappa shape index (κ1) is 10.5. The Labute approximate surface area is 96.8 Å². The van der Waals surface area contributed by atoms with E-state index in [1.165, 1.54) is 0 Å². The number of hydrogen-bond acceptors (Lipinski definition) is 2. The van der Waals surface area contributed by atoms with Gasteiger partial charge in [-0.25, -0.2) is 4.79 Å². The standard InChI is InChI=1S/C10H9ClN4O/c11-7-2-1-3-8(6-7)13-10(16)14-9-4-5-12-15-9/h1-6H,(H3,12,13,14,15,16). The van der Waals surface area contributed by atoms with Crippen molar-refractivity contribution < 1.29 is 4.79 Å². The van der Waals surface area contributed by atoms with Gasteiger partial charge in [-0.1, -0.05) is 17.7 Å². The van der Waals surface area contributed by atoms with E-state index >= 15 is 0 Å². The highest BCUT2D eigenvalue weighted by molar-refractivity contribution is 6.30. The highest BCUT2D eigenvalue weighted by Gasteiger charge is 2.02. The Morgan fingerprint density at radius 1 is 1.31 bits per heavy atom. The number of nitrogens with one attached hydrogen (secondary N) is 3. The number of carbonyl (C=O) groups is 1. The maximum Gasteiger partial charge on any atom is 0.324 e. The Balaban J connectivity index is 1.97. The van der Waals surface area contributed by atoms with Crippen LogP contribution in [-0.4, -0.2) is 16.2 Å². The van der Waals surface area contributed by atoms with Gasteiger partial charge in [-0.15, -0.1) is 0 Å². The van der Waals surface area contributed by atoms with Crippen molar-refractivity contribution in [3.63, 3.8) is 0 Å². The van der Waals surface area contributed by atoms with Gasteiger partial charge in [0, 0.05) is 16.8 Å². The number of benzene rings is 1. The summed E-state index contributed by atoms with van der Waals surface area (Å²) >= 11 is 5.78. The number of aromatic amines is 1. The quantitative estimate of drug-likeness (QED) is 0.750. The van der Waals surface area contributed by atoms with E-state index in [2.05, 4.69) is 20.8 Å². The summed E-state index contributed by atoms with van der Waals surface area (Å²) in [7, 11) is 0. The Bertz CT molecular complexity index is 483. The lowest BCUT2D eigenvalue weighted by Crippen LogP contribution is -2.19. The molecule has 1 aromatic carbocycles. The second kappa shape index (κ2) is 4.67. The fourth-order valence-corrected chi connectivity index (χ4v) is 1.37. The average Bonchev–Trinajstić information content (AvgIpc) is 2.70. The molecule has 0 saturated carbocycles. The first-order valence-electron chi connectivity index (χ1n) is 4.57. The van der Waals surface area contributed by atoms with Crippen LogP contribution >= 0.6 is 11.6 Å². The van der Waals surface area contributed by atoms with Crippen molar-refractivity contribution in [1.29, 1.82) is 0 Å². The van der Waals surface area contributed by atoms with E-state index in [1.54, 1.807) is 36.5 Å². The molecule has 1 aromatic heterocycles. The lowest BCUT2D eigenvalue weighted by atomic mass is 10.3. The summed E-state index contributed by atoms with van der Waals surface area (Å²) in [4.78, 5) is 11.5. The molecular formula is C10H9ClN4O. The molecule has 0 aliphatic heterocycles.